The molecule has 0 aromatic heterocycles. The number of nitrogens with one attached hydrogen (secondary N) is 7. The third kappa shape index (κ3) is 35.6. The van der Waals surface area contributed by atoms with Gasteiger partial charge in [-0.25, -0.2) is 0 Å². The van der Waals surface area contributed by atoms with Crippen LogP contribution < -0.4 is 123 Å². The van der Waals surface area contributed by atoms with Crippen molar-refractivity contribution in [2.24, 2.45) is 116 Å². The zero-order chi connectivity index (χ0) is 68.3. The number of rotatable bonds is 48. The lowest BCUT2D eigenvalue weighted by molar-refractivity contribution is -0.139. The Morgan fingerprint density at radius 2 is 0.604 bits per heavy atom. The number of hydrogen-bond donors (Lipinski definition) is 22. The number of aliphatic imine (C=N–C) groups is 6. The maximum Gasteiger partial charge on any atom is 0.245 e. The molecule has 37 N–H and O–H groups in total. The third-order valence-electron chi connectivity index (χ3n) is 14.1. The Labute approximate surface area is 530 Å². The number of hydrogen-bond acceptors (Lipinski definition) is 18. The SMILES string of the molecule is NCCCC[C@H](NC(=O)[C@H](CCCN=C(N)N)NC(=O)[C@H](CCCN=C(N)N)NC(=O)[C@H](CCCN=C(N)N)NC(=O)[C@H](CCCN=C(N)N)NC(=O)[C@@H](N)CCCN=C(N)N)C(=O)N[C@H](CCCCN)C(=O)N[C@H](CCCN=C(N)N)C(=O)N1CCCC1C=O. The minimum absolute atomic E-state index is 0.00258. The molecule has 9 atom stereocenters. The molecule has 0 bridgehead atoms. The molecule has 0 aromatic rings. The first-order valence-corrected chi connectivity index (χ1v) is 30.6. The zero-order valence-corrected chi connectivity index (χ0v) is 52.2. The fraction of sp³-hybridized carbons (Fsp3) is 0.717. The molecular weight excluding hydrogens is 1190 g/mol. The minimum Gasteiger partial charge on any atom is -0.370 e. The minimum atomic E-state index is -1.47. The monoisotopic (exact) mass is 1290 g/mol. The molecule has 8 amide bonds. The van der Waals surface area contributed by atoms with E-state index in [9.17, 15) is 43.2 Å². The van der Waals surface area contributed by atoms with Crippen LogP contribution in [0, 0.1) is 0 Å². The number of nitrogens with zero attached hydrogens (tertiary/aromatic N) is 7. The number of guanidine groups is 6. The molecule has 516 valence electrons. The van der Waals surface area contributed by atoms with Crippen LogP contribution in [0.2, 0.25) is 0 Å². The van der Waals surface area contributed by atoms with Crippen molar-refractivity contribution in [3.63, 3.8) is 0 Å². The van der Waals surface area contributed by atoms with Crippen LogP contribution >= 0.6 is 0 Å². The highest BCUT2D eigenvalue weighted by molar-refractivity contribution is 5.98. The molecule has 0 saturated carbocycles. The Balaban J connectivity index is 3.81. The second-order valence-electron chi connectivity index (χ2n) is 21.7. The van der Waals surface area contributed by atoms with Crippen molar-refractivity contribution in [3.05, 3.63) is 0 Å². The number of carbonyl (C=O) groups is 9. The van der Waals surface area contributed by atoms with E-state index in [4.69, 9.17) is 86.0 Å². The highest BCUT2D eigenvalue weighted by Crippen LogP contribution is 2.19. The van der Waals surface area contributed by atoms with Crippen molar-refractivity contribution in [1.82, 2.24) is 42.1 Å². The van der Waals surface area contributed by atoms with Crippen molar-refractivity contribution in [2.75, 3.05) is 58.9 Å². The van der Waals surface area contributed by atoms with Crippen LogP contribution in [0.15, 0.2) is 30.0 Å². The maximum atomic E-state index is 14.7. The molecule has 1 unspecified atom stereocenters. The molecule has 1 aliphatic rings. The molecule has 38 nitrogen and oxygen atoms in total. The van der Waals surface area contributed by atoms with E-state index in [0.717, 1.165) is 0 Å². The topological polar surface area (TPSA) is 706 Å². The molecule has 0 spiro atoms. The fourth-order valence-corrected chi connectivity index (χ4v) is 9.34. The molecule has 1 rings (SSSR count). The van der Waals surface area contributed by atoms with E-state index in [1.54, 1.807) is 0 Å². The molecule has 0 aliphatic carbocycles. The van der Waals surface area contributed by atoms with Crippen molar-refractivity contribution in [3.8, 4) is 0 Å². The zero-order valence-electron chi connectivity index (χ0n) is 52.2. The number of likely N-dealkylation sites (tertiary alicyclic amines) is 1. The quantitative estimate of drug-likeness (QED) is 0.0116. The van der Waals surface area contributed by atoms with E-state index in [1.807, 2.05) is 0 Å². The van der Waals surface area contributed by atoms with Crippen LogP contribution in [-0.4, -0.2) is 207 Å². The van der Waals surface area contributed by atoms with Gasteiger partial charge in [-0.1, -0.05) is 0 Å². The van der Waals surface area contributed by atoms with E-state index in [-0.39, 0.29) is 178 Å². The van der Waals surface area contributed by atoms with Gasteiger partial charge in [0, 0.05) is 45.8 Å². The van der Waals surface area contributed by atoms with Gasteiger partial charge < -0.3 is 133 Å². The summed E-state index contributed by atoms with van der Waals surface area (Å²) >= 11 is 0. The van der Waals surface area contributed by atoms with Crippen molar-refractivity contribution in [1.29, 1.82) is 0 Å². The average Bonchev–Trinajstić information content (AvgIpc) is 2.35. The van der Waals surface area contributed by atoms with Crippen LogP contribution in [0.5, 0.6) is 0 Å². The van der Waals surface area contributed by atoms with E-state index < -0.39 is 102 Å². The molecule has 38 heteroatoms. The molecule has 1 fully saturated rings. The number of nitrogens with two attached hydrogens (primary N) is 15. The van der Waals surface area contributed by atoms with Gasteiger partial charge in [-0.2, -0.15) is 0 Å². The Hall–Kier alpha value is -9.07. The van der Waals surface area contributed by atoms with E-state index in [1.165, 1.54) is 4.90 Å². The second kappa shape index (κ2) is 46.1. The van der Waals surface area contributed by atoms with E-state index in [0.29, 0.717) is 51.2 Å². The fourth-order valence-electron chi connectivity index (χ4n) is 9.34. The highest BCUT2D eigenvalue weighted by atomic mass is 16.2. The van der Waals surface area contributed by atoms with Crippen molar-refractivity contribution < 1.29 is 43.2 Å². The lowest BCUT2D eigenvalue weighted by Gasteiger charge is -2.29. The first-order chi connectivity index (χ1) is 43.2. The standard InChI is InChI=1S/C53H105N29O9/c54-21-3-1-14-33(41(85)77-34(15-2-4-22-55)46(90)81-39(20-10-28-74-53(67)68)47(91)82-29-11-12-31(82)30-83)76-43(87)36(17-7-25-71-50(61)62)79-45(89)38(19-9-27-73-52(65)66)80-44(88)37(18-8-26-72-51(63)64)78-42(86)35(16-6-24-70-49(59)60)75-40(84)32(56)13-5-23-69-48(57)58/h30-39H,1-29,54-56H2,(H,75,84)(H,76,87)(H,77,85)(H,78,86)(H,79,89)(H,80,88)(H,81,90)(H4,57,58,69)(H4,59,60,70)(H4,61,62,71)(H4,63,64,72)(H4,65,66,73)(H4,67,68,74)/t31?,32-,33-,34+,35-,36-,37-,38-,39+/m0/s1. The molecular formula is C53H105N29O9. The Kier molecular flexibility index (Phi) is 40.5. The van der Waals surface area contributed by atoms with Crippen LogP contribution in [0.1, 0.15) is 128 Å². The highest BCUT2D eigenvalue weighted by Gasteiger charge is 2.37. The van der Waals surface area contributed by atoms with Gasteiger partial charge >= 0.3 is 0 Å². The molecule has 1 heterocycles. The van der Waals surface area contributed by atoms with Gasteiger partial charge in [0.1, 0.15) is 48.6 Å². The maximum absolute atomic E-state index is 14.7. The summed E-state index contributed by atoms with van der Waals surface area (Å²) in [6.45, 7) is 1.14. The van der Waals surface area contributed by atoms with Gasteiger partial charge in [0.15, 0.2) is 35.8 Å². The summed E-state index contributed by atoms with van der Waals surface area (Å²) in [5, 5.41) is 19.0. The average molecular weight is 1290 g/mol. The number of aldehydes is 1. The lowest BCUT2D eigenvalue weighted by atomic mass is 10.0. The van der Waals surface area contributed by atoms with Gasteiger partial charge in [0.2, 0.25) is 47.3 Å². The summed E-state index contributed by atoms with van der Waals surface area (Å²) < 4.78 is 0. The van der Waals surface area contributed by atoms with Crippen molar-refractivity contribution >= 4 is 89.3 Å². The normalized spacial score (nSPS) is 15.1. The smallest absolute Gasteiger partial charge is 0.245 e. The summed E-state index contributed by atoms with van der Waals surface area (Å²) in [7, 11) is 0. The second-order valence-corrected chi connectivity index (χ2v) is 21.7. The third-order valence-corrected chi connectivity index (χ3v) is 14.1. The molecule has 0 radical (unpaired) electrons. The number of unbranched alkanes of at least 4 members (excludes halogenated alkanes) is 2. The van der Waals surface area contributed by atoms with Gasteiger partial charge in [0.25, 0.3) is 0 Å². The molecule has 1 saturated heterocycles. The van der Waals surface area contributed by atoms with Crippen LogP contribution in [0.25, 0.3) is 0 Å². The summed E-state index contributed by atoms with van der Waals surface area (Å²) in [6.07, 6.45) is 4.16. The Morgan fingerprint density at radius 3 is 0.868 bits per heavy atom. The van der Waals surface area contributed by atoms with Gasteiger partial charge in [-0.05, 0) is 142 Å². The number of amides is 8. The summed E-state index contributed by atoms with van der Waals surface area (Å²) in [4.78, 5) is 152. The lowest BCUT2D eigenvalue weighted by Crippen LogP contribution is -2.60. The van der Waals surface area contributed by atoms with Crippen LogP contribution in [0.3, 0.4) is 0 Å². The Bertz CT molecular complexity index is 2460. The van der Waals surface area contributed by atoms with Gasteiger partial charge in [-0.3, -0.25) is 68.3 Å². The largest absolute Gasteiger partial charge is 0.370 e. The molecule has 0 aromatic carbocycles. The first kappa shape index (κ1) is 79.9. The van der Waals surface area contributed by atoms with Crippen LogP contribution in [-0.2, 0) is 43.2 Å². The van der Waals surface area contributed by atoms with E-state index in [2.05, 4.69) is 67.2 Å². The molecule has 91 heavy (non-hydrogen) atoms. The van der Waals surface area contributed by atoms with Gasteiger partial charge in [-0.15, -0.1) is 0 Å². The molecule has 1 aliphatic heterocycles. The predicted octanol–water partition coefficient (Wildman–Crippen LogP) is -9.52. The summed E-state index contributed by atoms with van der Waals surface area (Å²) in [6, 6.07) is -11.2. The van der Waals surface area contributed by atoms with E-state index >= 15 is 0 Å². The first-order valence-electron chi connectivity index (χ1n) is 30.6. The summed E-state index contributed by atoms with van der Waals surface area (Å²) in [5.41, 5.74) is 84.2. The predicted molar refractivity (Wildman–Crippen MR) is 348 cm³/mol. The Morgan fingerprint density at radius 1 is 0.363 bits per heavy atom. The summed E-state index contributed by atoms with van der Waals surface area (Å²) in [5.74, 6) is -7.50. The van der Waals surface area contributed by atoms with Crippen molar-refractivity contribution in [2.45, 2.75) is 183 Å². The van der Waals surface area contributed by atoms with Crippen LogP contribution in [0.4, 0.5) is 0 Å². The number of carbonyl (C=O) groups excluding carboxylic acids is 9. The van der Waals surface area contributed by atoms with Gasteiger partial charge in [0.05, 0.1) is 12.1 Å².